The maximum Gasteiger partial charge on any atom is 0.248 e. The second kappa shape index (κ2) is 6.54. The largest absolute Gasteiger partial charge is 0.366 e. The van der Waals surface area contributed by atoms with Gasteiger partial charge in [0.05, 0.1) is 5.52 Å². The van der Waals surface area contributed by atoms with Crippen LogP contribution in [0.1, 0.15) is 21.6 Å². The number of pyridine rings is 1. The second-order valence-corrected chi connectivity index (χ2v) is 5.70. The minimum atomic E-state index is -0.411. The summed E-state index contributed by atoms with van der Waals surface area (Å²) in [7, 11) is 0. The fourth-order valence-electron chi connectivity index (χ4n) is 2.65. The molecule has 0 bridgehead atoms. The van der Waals surface area contributed by atoms with E-state index in [1.807, 2.05) is 12.1 Å². The number of aromatic amines is 1. The molecular formula is C20H19N3O. The van der Waals surface area contributed by atoms with E-state index in [0.29, 0.717) is 5.56 Å². The van der Waals surface area contributed by atoms with Gasteiger partial charge >= 0.3 is 0 Å². The molecule has 0 saturated heterocycles. The number of carbonyl (C=O) groups is 1. The standard InChI is InChI=1S/C10H8N2O.C10H11N/c11-10(13)8-3-4-9-7(6-8)2-1-5-12-9;1-7-8(2)11-10-6-4-3-5-9(7)10/h1-6H,(H2,11,13);3-6,11H,1-2H3. The number of hydrogen-bond donors (Lipinski definition) is 2. The smallest absolute Gasteiger partial charge is 0.248 e. The van der Waals surface area contributed by atoms with Gasteiger partial charge in [-0.2, -0.15) is 0 Å². The van der Waals surface area contributed by atoms with E-state index in [1.54, 1.807) is 24.4 Å². The molecule has 0 unspecified atom stereocenters. The fourth-order valence-corrected chi connectivity index (χ4v) is 2.65. The van der Waals surface area contributed by atoms with E-state index < -0.39 is 5.91 Å². The number of H-pyrrole nitrogens is 1. The van der Waals surface area contributed by atoms with Gasteiger partial charge in [0, 0.05) is 33.7 Å². The molecule has 24 heavy (non-hydrogen) atoms. The molecule has 2 heterocycles. The van der Waals surface area contributed by atoms with Gasteiger partial charge in [0.1, 0.15) is 0 Å². The first-order valence-electron chi connectivity index (χ1n) is 7.75. The van der Waals surface area contributed by atoms with Gasteiger partial charge in [0.2, 0.25) is 5.91 Å². The maximum absolute atomic E-state index is 10.8. The Morgan fingerprint density at radius 2 is 1.83 bits per heavy atom. The Balaban J connectivity index is 0.000000143. The first-order chi connectivity index (χ1) is 11.6. The topological polar surface area (TPSA) is 71.8 Å². The average molecular weight is 317 g/mol. The van der Waals surface area contributed by atoms with E-state index in [9.17, 15) is 4.79 Å². The van der Waals surface area contributed by atoms with Gasteiger partial charge < -0.3 is 10.7 Å². The van der Waals surface area contributed by atoms with Crippen LogP contribution in [0, 0.1) is 13.8 Å². The summed E-state index contributed by atoms with van der Waals surface area (Å²) in [5.41, 5.74) is 10.4. The number of nitrogens with two attached hydrogens (primary N) is 1. The molecule has 0 radical (unpaired) electrons. The predicted octanol–water partition coefficient (Wildman–Crippen LogP) is 4.12. The Morgan fingerprint density at radius 3 is 2.58 bits per heavy atom. The van der Waals surface area contributed by atoms with Crippen molar-refractivity contribution in [2.75, 3.05) is 0 Å². The molecule has 2 aromatic carbocycles. The lowest BCUT2D eigenvalue weighted by molar-refractivity contribution is 0.100. The van der Waals surface area contributed by atoms with E-state index >= 15 is 0 Å². The van der Waals surface area contributed by atoms with Crippen molar-refractivity contribution in [1.82, 2.24) is 9.97 Å². The summed E-state index contributed by atoms with van der Waals surface area (Å²) in [6, 6.07) is 17.3. The number of nitrogens with zero attached hydrogens (tertiary/aromatic N) is 1. The number of nitrogens with one attached hydrogen (secondary N) is 1. The third kappa shape index (κ3) is 3.13. The third-order valence-corrected chi connectivity index (χ3v) is 4.10. The molecule has 0 atom stereocenters. The lowest BCUT2D eigenvalue weighted by Gasteiger charge is -1.98. The zero-order valence-corrected chi connectivity index (χ0v) is 13.7. The number of aromatic nitrogens is 2. The minimum Gasteiger partial charge on any atom is -0.366 e. The molecule has 0 saturated carbocycles. The Kier molecular flexibility index (Phi) is 4.29. The molecule has 0 aliphatic heterocycles. The van der Waals surface area contributed by atoms with Crippen LogP contribution in [-0.2, 0) is 0 Å². The number of carbonyl (C=O) groups excluding carboxylic acids is 1. The number of amides is 1. The van der Waals surface area contributed by atoms with Crippen LogP contribution in [0.25, 0.3) is 21.8 Å². The number of hydrogen-bond acceptors (Lipinski definition) is 2. The summed E-state index contributed by atoms with van der Waals surface area (Å²) in [6.45, 7) is 4.25. The fraction of sp³-hybridized carbons (Fsp3) is 0.100. The second-order valence-electron chi connectivity index (χ2n) is 5.70. The van der Waals surface area contributed by atoms with Crippen LogP contribution in [0.4, 0.5) is 0 Å². The molecule has 4 heteroatoms. The van der Waals surface area contributed by atoms with Gasteiger partial charge in [-0.15, -0.1) is 0 Å². The summed E-state index contributed by atoms with van der Waals surface area (Å²) >= 11 is 0. The number of fused-ring (bicyclic) bond motifs is 2. The Labute approximate surface area is 140 Å². The Morgan fingerprint density at radius 1 is 1.04 bits per heavy atom. The van der Waals surface area contributed by atoms with Gasteiger partial charge in [-0.05, 0) is 49.7 Å². The molecule has 0 spiro atoms. The van der Waals surface area contributed by atoms with Crippen LogP contribution < -0.4 is 5.73 Å². The van der Waals surface area contributed by atoms with Crippen LogP contribution in [0.2, 0.25) is 0 Å². The first kappa shape index (κ1) is 15.7. The molecule has 2 aromatic heterocycles. The molecule has 0 aliphatic rings. The quantitative estimate of drug-likeness (QED) is 0.554. The summed E-state index contributed by atoms with van der Waals surface area (Å²) in [5, 5.41) is 2.27. The summed E-state index contributed by atoms with van der Waals surface area (Å²) in [6.07, 6.45) is 1.71. The third-order valence-electron chi connectivity index (χ3n) is 4.10. The summed E-state index contributed by atoms with van der Waals surface area (Å²) in [4.78, 5) is 18.3. The van der Waals surface area contributed by atoms with E-state index in [-0.39, 0.29) is 0 Å². The number of para-hydroxylation sites is 1. The van der Waals surface area contributed by atoms with Gasteiger partial charge in [-0.1, -0.05) is 24.3 Å². The van der Waals surface area contributed by atoms with E-state index in [2.05, 4.69) is 48.1 Å². The van der Waals surface area contributed by atoms with Crippen molar-refractivity contribution in [3.63, 3.8) is 0 Å². The Bertz CT molecular complexity index is 1020. The van der Waals surface area contributed by atoms with Crippen LogP contribution in [-0.4, -0.2) is 15.9 Å². The van der Waals surface area contributed by atoms with Crippen LogP contribution >= 0.6 is 0 Å². The number of primary amides is 1. The molecule has 0 aliphatic carbocycles. The lowest BCUT2D eigenvalue weighted by atomic mass is 10.1. The van der Waals surface area contributed by atoms with Crippen molar-refractivity contribution >= 4 is 27.7 Å². The minimum absolute atomic E-state index is 0.411. The molecule has 0 fully saturated rings. The SMILES string of the molecule is Cc1[nH]c2ccccc2c1C.NC(=O)c1ccc2ncccc2c1. The van der Waals surface area contributed by atoms with E-state index in [4.69, 9.17) is 5.73 Å². The van der Waals surface area contributed by atoms with E-state index in [0.717, 1.165) is 10.9 Å². The summed E-state index contributed by atoms with van der Waals surface area (Å²) in [5.74, 6) is -0.411. The van der Waals surface area contributed by atoms with Crippen LogP contribution in [0.5, 0.6) is 0 Å². The predicted molar refractivity (Wildman–Crippen MR) is 98.0 cm³/mol. The van der Waals surface area contributed by atoms with Crippen molar-refractivity contribution in [1.29, 1.82) is 0 Å². The molecule has 4 aromatic rings. The highest BCUT2D eigenvalue weighted by atomic mass is 16.1. The van der Waals surface area contributed by atoms with Crippen molar-refractivity contribution in [3.05, 3.63) is 77.6 Å². The lowest BCUT2D eigenvalue weighted by Crippen LogP contribution is -2.10. The molecule has 4 nitrogen and oxygen atoms in total. The summed E-state index contributed by atoms with van der Waals surface area (Å²) < 4.78 is 0. The number of rotatable bonds is 1. The van der Waals surface area contributed by atoms with Crippen LogP contribution in [0.3, 0.4) is 0 Å². The van der Waals surface area contributed by atoms with Crippen molar-refractivity contribution < 1.29 is 4.79 Å². The normalized spacial score (nSPS) is 10.4. The van der Waals surface area contributed by atoms with Gasteiger partial charge in [0.15, 0.2) is 0 Å². The van der Waals surface area contributed by atoms with Crippen LogP contribution in [0.15, 0.2) is 60.8 Å². The number of benzene rings is 2. The monoisotopic (exact) mass is 317 g/mol. The molecule has 3 N–H and O–H groups in total. The van der Waals surface area contributed by atoms with E-state index in [1.165, 1.54) is 22.2 Å². The number of aryl methyl sites for hydroxylation is 2. The highest BCUT2D eigenvalue weighted by Gasteiger charge is 2.01. The average Bonchev–Trinajstić information content (AvgIpc) is 2.90. The highest BCUT2D eigenvalue weighted by Crippen LogP contribution is 2.19. The van der Waals surface area contributed by atoms with Gasteiger partial charge in [0.25, 0.3) is 0 Å². The van der Waals surface area contributed by atoms with Gasteiger partial charge in [-0.3, -0.25) is 9.78 Å². The molecule has 120 valence electrons. The van der Waals surface area contributed by atoms with Crippen molar-refractivity contribution in [2.45, 2.75) is 13.8 Å². The molecule has 1 amide bonds. The van der Waals surface area contributed by atoms with Gasteiger partial charge in [-0.25, -0.2) is 0 Å². The first-order valence-corrected chi connectivity index (χ1v) is 7.75. The maximum atomic E-state index is 10.8. The zero-order chi connectivity index (χ0) is 17.1. The Hall–Kier alpha value is -3.14. The molecule has 4 rings (SSSR count). The molecular weight excluding hydrogens is 298 g/mol. The van der Waals surface area contributed by atoms with Crippen molar-refractivity contribution in [2.24, 2.45) is 5.73 Å². The highest BCUT2D eigenvalue weighted by molar-refractivity contribution is 5.96. The van der Waals surface area contributed by atoms with Crippen molar-refractivity contribution in [3.8, 4) is 0 Å². The zero-order valence-electron chi connectivity index (χ0n) is 13.7.